The van der Waals surface area contributed by atoms with Crippen molar-refractivity contribution in [1.82, 2.24) is 0 Å². The number of nitrogens with zero attached hydrogens (tertiary/aromatic N) is 1. The van der Waals surface area contributed by atoms with E-state index in [2.05, 4.69) is 29.4 Å². The van der Waals surface area contributed by atoms with E-state index < -0.39 is 5.91 Å². The largest absolute Gasteiger partial charge is 0.486 e. The molecule has 2 aromatic carbocycles. The topological polar surface area (TPSA) is 79.9 Å². The fraction of sp³-hybridized carbons (Fsp3) is 0.364. The van der Waals surface area contributed by atoms with Gasteiger partial charge in [-0.3, -0.25) is 9.59 Å². The van der Waals surface area contributed by atoms with E-state index >= 15 is 0 Å². The first-order valence-corrected chi connectivity index (χ1v) is 9.85. The van der Waals surface area contributed by atoms with Crippen LogP contribution in [0.5, 0.6) is 11.5 Å². The molecule has 7 nitrogen and oxygen atoms in total. The Labute approximate surface area is 171 Å². The number of amides is 2. The molecule has 0 bridgehead atoms. The van der Waals surface area contributed by atoms with Crippen LogP contribution < -0.4 is 25.0 Å². The Kier molecular flexibility index (Phi) is 6.59. The van der Waals surface area contributed by atoms with Crippen LogP contribution >= 0.6 is 0 Å². The minimum absolute atomic E-state index is 0.272. The molecule has 29 heavy (non-hydrogen) atoms. The molecule has 7 heteroatoms. The smallest absolute Gasteiger partial charge is 0.233 e. The second-order valence-electron chi connectivity index (χ2n) is 6.80. The van der Waals surface area contributed by atoms with Gasteiger partial charge in [0, 0.05) is 36.2 Å². The summed E-state index contributed by atoms with van der Waals surface area (Å²) in [5.41, 5.74) is 3.33. The fourth-order valence-corrected chi connectivity index (χ4v) is 3.24. The van der Waals surface area contributed by atoms with E-state index in [0.717, 1.165) is 24.3 Å². The van der Waals surface area contributed by atoms with Crippen LogP contribution in [0, 0.1) is 6.92 Å². The van der Waals surface area contributed by atoms with E-state index in [0.29, 0.717) is 36.1 Å². The zero-order valence-corrected chi connectivity index (χ0v) is 17.1. The number of hydrogen-bond donors (Lipinski definition) is 2. The first-order chi connectivity index (χ1) is 14.0. The standard InChI is InChI=1S/C22H27N3O4/c1-4-25(5-2)17-7-8-18(15(3)12-17)24-22(27)14-21(26)23-16-6-9-19-20(13-16)29-11-10-28-19/h6-9,12-13H,4-5,10-11,14H2,1-3H3,(H,23,26)(H,24,27). The zero-order chi connectivity index (χ0) is 20.8. The van der Waals surface area contributed by atoms with Crippen LogP contribution in [-0.4, -0.2) is 38.1 Å². The van der Waals surface area contributed by atoms with E-state index in [-0.39, 0.29) is 12.3 Å². The van der Waals surface area contributed by atoms with Gasteiger partial charge in [0.1, 0.15) is 19.6 Å². The third kappa shape index (κ3) is 5.19. The summed E-state index contributed by atoms with van der Waals surface area (Å²) in [5.74, 6) is 0.480. The van der Waals surface area contributed by atoms with Crippen molar-refractivity contribution in [2.24, 2.45) is 0 Å². The van der Waals surface area contributed by atoms with Gasteiger partial charge in [-0.05, 0) is 56.7 Å². The molecule has 2 aromatic rings. The number of carbonyl (C=O) groups is 2. The van der Waals surface area contributed by atoms with E-state index in [1.807, 2.05) is 25.1 Å². The molecule has 2 N–H and O–H groups in total. The van der Waals surface area contributed by atoms with E-state index in [1.165, 1.54) is 0 Å². The first kappa shape index (κ1) is 20.5. The molecule has 0 spiro atoms. The van der Waals surface area contributed by atoms with E-state index in [9.17, 15) is 9.59 Å². The molecule has 2 amide bonds. The Hall–Kier alpha value is -3.22. The third-order valence-corrected chi connectivity index (χ3v) is 4.76. The van der Waals surface area contributed by atoms with Gasteiger partial charge in [0.15, 0.2) is 11.5 Å². The number of anilines is 3. The van der Waals surface area contributed by atoms with Gasteiger partial charge >= 0.3 is 0 Å². The lowest BCUT2D eigenvalue weighted by molar-refractivity contribution is -0.123. The molecule has 0 saturated carbocycles. The lowest BCUT2D eigenvalue weighted by Gasteiger charge is -2.22. The van der Waals surface area contributed by atoms with Crippen molar-refractivity contribution in [2.75, 3.05) is 41.8 Å². The van der Waals surface area contributed by atoms with E-state index in [4.69, 9.17) is 9.47 Å². The number of nitrogens with one attached hydrogen (secondary N) is 2. The molecular weight excluding hydrogens is 370 g/mol. The molecule has 3 rings (SSSR count). The molecule has 0 fully saturated rings. The minimum atomic E-state index is -0.392. The second-order valence-corrected chi connectivity index (χ2v) is 6.80. The predicted molar refractivity (Wildman–Crippen MR) is 114 cm³/mol. The molecule has 1 heterocycles. The number of carbonyl (C=O) groups excluding carboxylic acids is 2. The Morgan fingerprint density at radius 2 is 1.62 bits per heavy atom. The maximum atomic E-state index is 12.3. The van der Waals surface area contributed by atoms with Crippen molar-refractivity contribution in [3.05, 3.63) is 42.0 Å². The highest BCUT2D eigenvalue weighted by molar-refractivity contribution is 6.08. The van der Waals surface area contributed by atoms with Gasteiger partial charge in [-0.2, -0.15) is 0 Å². The molecule has 1 aliphatic heterocycles. The number of aryl methyl sites for hydroxylation is 1. The highest BCUT2D eigenvalue weighted by Crippen LogP contribution is 2.32. The summed E-state index contributed by atoms with van der Waals surface area (Å²) in [6, 6.07) is 11.0. The van der Waals surface area contributed by atoms with Gasteiger partial charge in [0.05, 0.1) is 0 Å². The maximum absolute atomic E-state index is 12.3. The summed E-state index contributed by atoms with van der Waals surface area (Å²) < 4.78 is 11.0. The quantitative estimate of drug-likeness (QED) is 0.698. The predicted octanol–water partition coefficient (Wildman–Crippen LogP) is 3.58. The molecule has 0 unspecified atom stereocenters. The van der Waals surface area contributed by atoms with Crippen LogP contribution in [-0.2, 0) is 9.59 Å². The van der Waals surface area contributed by atoms with Crippen LogP contribution in [0.1, 0.15) is 25.8 Å². The van der Waals surface area contributed by atoms with Crippen LogP contribution in [0.25, 0.3) is 0 Å². The summed E-state index contributed by atoms with van der Waals surface area (Å²) in [6.07, 6.45) is -0.272. The first-order valence-electron chi connectivity index (χ1n) is 9.85. The van der Waals surface area contributed by atoms with Gasteiger partial charge < -0.3 is 25.0 Å². The maximum Gasteiger partial charge on any atom is 0.233 e. The van der Waals surface area contributed by atoms with E-state index in [1.54, 1.807) is 18.2 Å². The van der Waals surface area contributed by atoms with Gasteiger partial charge in [0.25, 0.3) is 0 Å². The summed E-state index contributed by atoms with van der Waals surface area (Å²) in [5, 5.41) is 5.54. The van der Waals surface area contributed by atoms with Crippen molar-refractivity contribution in [2.45, 2.75) is 27.2 Å². The van der Waals surface area contributed by atoms with Crippen LogP contribution in [0.2, 0.25) is 0 Å². The molecule has 0 saturated heterocycles. The second kappa shape index (κ2) is 9.32. The van der Waals surface area contributed by atoms with Gasteiger partial charge in [-0.1, -0.05) is 0 Å². The van der Waals surface area contributed by atoms with Crippen molar-refractivity contribution >= 4 is 28.9 Å². The van der Waals surface area contributed by atoms with Crippen LogP contribution in [0.4, 0.5) is 17.1 Å². The van der Waals surface area contributed by atoms with Gasteiger partial charge in [-0.25, -0.2) is 0 Å². The highest BCUT2D eigenvalue weighted by atomic mass is 16.6. The molecule has 0 aliphatic carbocycles. The minimum Gasteiger partial charge on any atom is -0.486 e. The summed E-state index contributed by atoms with van der Waals surface area (Å²) in [4.78, 5) is 26.8. The van der Waals surface area contributed by atoms with Gasteiger partial charge in [-0.15, -0.1) is 0 Å². The number of fused-ring (bicyclic) bond motifs is 1. The zero-order valence-electron chi connectivity index (χ0n) is 17.1. The normalized spacial score (nSPS) is 12.2. The summed E-state index contributed by atoms with van der Waals surface area (Å²) in [6.45, 7) is 8.97. The number of ether oxygens (including phenoxy) is 2. The molecule has 0 atom stereocenters. The average molecular weight is 397 g/mol. The van der Waals surface area contributed by atoms with Crippen LogP contribution in [0.3, 0.4) is 0 Å². The lowest BCUT2D eigenvalue weighted by atomic mass is 10.1. The molecule has 0 radical (unpaired) electrons. The fourth-order valence-electron chi connectivity index (χ4n) is 3.24. The summed E-state index contributed by atoms with van der Waals surface area (Å²) >= 11 is 0. The number of rotatable bonds is 7. The van der Waals surface area contributed by atoms with Crippen LogP contribution in [0.15, 0.2) is 36.4 Å². The third-order valence-electron chi connectivity index (χ3n) is 4.76. The summed E-state index contributed by atoms with van der Waals surface area (Å²) in [7, 11) is 0. The molecule has 154 valence electrons. The Morgan fingerprint density at radius 3 is 2.31 bits per heavy atom. The monoisotopic (exact) mass is 397 g/mol. The number of hydrogen-bond acceptors (Lipinski definition) is 5. The molecule has 1 aliphatic rings. The lowest BCUT2D eigenvalue weighted by Crippen LogP contribution is -2.23. The Morgan fingerprint density at radius 1 is 0.931 bits per heavy atom. The Bertz CT molecular complexity index is 894. The number of benzene rings is 2. The highest BCUT2D eigenvalue weighted by Gasteiger charge is 2.15. The van der Waals surface area contributed by atoms with Crippen molar-refractivity contribution < 1.29 is 19.1 Å². The van der Waals surface area contributed by atoms with Crippen molar-refractivity contribution in [3.63, 3.8) is 0 Å². The molecule has 0 aromatic heterocycles. The van der Waals surface area contributed by atoms with Crippen molar-refractivity contribution in [3.8, 4) is 11.5 Å². The van der Waals surface area contributed by atoms with Crippen molar-refractivity contribution in [1.29, 1.82) is 0 Å². The average Bonchev–Trinajstić information content (AvgIpc) is 2.70. The Balaban J connectivity index is 1.57. The van der Waals surface area contributed by atoms with Gasteiger partial charge in [0.2, 0.25) is 11.8 Å². The molecular formula is C22H27N3O4. The SMILES string of the molecule is CCN(CC)c1ccc(NC(=O)CC(=O)Nc2ccc3c(c2)OCCO3)c(C)c1.